The van der Waals surface area contributed by atoms with Crippen molar-refractivity contribution in [3.8, 4) is 5.75 Å². The van der Waals surface area contributed by atoms with Gasteiger partial charge >= 0.3 is 6.18 Å². The standard InChI is InChI=1S/C27H31F3N4O3S/c1-17-31-24-14-22(6-7-25(24)38-17)37-16-21(35)15-33-11-8-19(9-12-33)32-23-10-13-34(26(23)36)20-4-2-18(3-5-20)27(28,29)30/h2-7,14,19,21,23,32,35H,8-13,15-16H2,1H3/t21-,23-/m1/s1. The van der Waals surface area contributed by atoms with Gasteiger partial charge in [-0.1, -0.05) is 0 Å². The molecule has 2 aliphatic heterocycles. The minimum Gasteiger partial charge on any atom is -0.491 e. The number of anilines is 1. The van der Waals surface area contributed by atoms with Crippen molar-refractivity contribution in [2.24, 2.45) is 0 Å². The zero-order chi connectivity index (χ0) is 26.9. The summed E-state index contributed by atoms with van der Waals surface area (Å²) in [5, 5.41) is 15.0. The monoisotopic (exact) mass is 548 g/mol. The number of hydrogen-bond donors (Lipinski definition) is 2. The van der Waals surface area contributed by atoms with E-state index in [9.17, 15) is 23.1 Å². The van der Waals surface area contributed by atoms with Crippen molar-refractivity contribution in [1.29, 1.82) is 0 Å². The molecule has 0 saturated carbocycles. The molecule has 2 saturated heterocycles. The van der Waals surface area contributed by atoms with Crippen LogP contribution in [0.25, 0.3) is 10.2 Å². The highest BCUT2D eigenvalue weighted by Gasteiger charge is 2.35. The Bertz CT molecular complexity index is 1260. The van der Waals surface area contributed by atoms with E-state index in [-0.39, 0.29) is 24.6 Å². The van der Waals surface area contributed by atoms with Crippen LogP contribution >= 0.6 is 11.3 Å². The van der Waals surface area contributed by atoms with Crippen LogP contribution in [0.2, 0.25) is 0 Å². The Morgan fingerprint density at radius 3 is 2.58 bits per heavy atom. The molecule has 2 N–H and O–H groups in total. The van der Waals surface area contributed by atoms with Crippen LogP contribution in [0.1, 0.15) is 29.8 Å². The van der Waals surface area contributed by atoms with Gasteiger partial charge < -0.3 is 25.0 Å². The van der Waals surface area contributed by atoms with Crippen LogP contribution < -0.4 is 15.0 Å². The Kier molecular flexibility index (Phi) is 7.90. The van der Waals surface area contributed by atoms with Crippen LogP contribution in [0.4, 0.5) is 18.9 Å². The Balaban J connectivity index is 1.04. The number of amides is 1. The van der Waals surface area contributed by atoms with E-state index in [2.05, 4.69) is 15.2 Å². The lowest BCUT2D eigenvalue weighted by molar-refractivity contribution is -0.137. The first kappa shape index (κ1) is 26.9. The summed E-state index contributed by atoms with van der Waals surface area (Å²) in [6.07, 6.45) is -2.72. The number of likely N-dealkylation sites (tertiary alicyclic amines) is 1. The lowest BCUT2D eigenvalue weighted by Gasteiger charge is -2.34. The summed E-state index contributed by atoms with van der Waals surface area (Å²) in [5.41, 5.74) is 0.662. The number of aryl methyl sites for hydroxylation is 1. The Hall–Kier alpha value is -2.73. The normalized spacial score (nSPS) is 20.4. The van der Waals surface area contributed by atoms with Crippen molar-refractivity contribution in [2.45, 2.75) is 50.6 Å². The second-order valence-corrected chi connectivity index (χ2v) is 11.2. The van der Waals surface area contributed by atoms with E-state index in [0.717, 1.165) is 53.3 Å². The zero-order valence-corrected chi connectivity index (χ0v) is 21.9. The number of halogens is 3. The van der Waals surface area contributed by atoms with Gasteiger partial charge in [-0.15, -0.1) is 11.3 Å². The number of β-amino-alcohol motifs (C(OH)–C–C–N with tert-alkyl or cyclic N) is 1. The Labute approximate surface area is 223 Å². The molecular weight excluding hydrogens is 517 g/mol. The zero-order valence-electron chi connectivity index (χ0n) is 21.1. The second kappa shape index (κ2) is 11.2. The molecule has 7 nitrogen and oxygen atoms in total. The molecule has 38 heavy (non-hydrogen) atoms. The third kappa shape index (κ3) is 6.28. The topological polar surface area (TPSA) is 77.9 Å². The highest BCUT2D eigenvalue weighted by atomic mass is 32.1. The smallest absolute Gasteiger partial charge is 0.416 e. The van der Waals surface area contributed by atoms with Crippen LogP contribution in [0.3, 0.4) is 0 Å². The van der Waals surface area contributed by atoms with Crippen molar-refractivity contribution >= 4 is 33.1 Å². The molecule has 2 aromatic carbocycles. The summed E-state index contributed by atoms with van der Waals surface area (Å²) in [7, 11) is 0. The highest BCUT2D eigenvalue weighted by molar-refractivity contribution is 7.18. The first-order chi connectivity index (χ1) is 18.2. The average Bonchev–Trinajstić information content (AvgIpc) is 3.44. The van der Waals surface area contributed by atoms with Gasteiger partial charge in [-0.05, 0) is 75.7 Å². The number of thiazole rings is 1. The van der Waals surface area contributed by atoms with Crippen molar-refractivity contribution in [2.75, 3.05) is 37.7 Å². The van der Waals surface area contributed by atoms with Crippen LogP contribution in [-0.4, -0.2) is 71.9 Å². The summed E-state index contributed by atoms with van der Waals surface area (Å²) < 4.78 is 45.4. The fourth-order valence-corrected chi connectivity index (χ4v) is 5.95. The van der Waals surface area contributed by atoms with E-state index in [1.165, 1.54) is 12.1 Å². The molecule has 0 spiro atoms. The molecule has 5 rings (SSSR count). The number of aromatic nitrogens is 1. The lowest BCUT2D eigenvalue weighted by atomic mass is 10.0. The Morgan fingerprint density at radius 2 is 1.87 bits per heavy atom. The lowest BCUT2D eigenvalue weighted by Crippen LogP contribution is -2.50. The number of benzene rings is 2. The quantitative estimate of drug-likeness (QED) is 0.439. The van der Waals surface area contributed by atoms with Gasteiger partial charge in [-0.3, -0.25) is 4.79 Å². The molecule has 2 fully saturated rings. The van der Waals surface area contributed by atoms with E-state index in [1.54, 1.807) is 16.2 Å². The SMILES string of the molecule is Cc1nc2cc(OC[C@H](O)CN3CCC(N[C@@H]4CCN(c5ccc(C(F)(F)F)cc5)C4=O)CC3)ccc2s1. The maximum absolute atomic E-state index is 12.9. The minimum atomic E-state index is -4.40. The molecular formula is C27H31F3N4O3S. The predicted molar refractivity (Wildman–Crippen MR) is 141 cm³/mol. The molecule has 0 bridgehead atoms. The highest BCUT2D eigenvalue weighted by Crippen LogP contribution is 2.32. The second-order valence-electron chi connectivity index (χ2n) is 9.94. The van der Waals surface area contributed by atoms with Gasteiger partial charge in [0.25, 0.3) is 0 Å². The van der Waals surface area contributed by atoms with Gasteiger partial charge in [-0.2, -0.15) is 13.2 Å². The fourth-order valence-electron chi connectivity index (χ4n) is 5.14. The van der Waals surface area contributed by atoms with Gasteiger partial charge in [0.05, 0.1) is 26.8 Å². The number of carbonyl (C=O) groups is 1. The number of aliphatic hydroxyl groups excluding tert-OH is 1. The number of alkyl halides is 3. The molecule has 1 amide bonds. The number of piperidine rings is 1. The summed E-state index contributed by atoms with van der Waals surface area (Å²) in [6, 6.07) is 10.3. The number of ether oxygens (including phenoxy) is 1. The van der Waals surface area contributed by atoms with E-state index in [4.69, 9.17) is 4.74 Å². The summed E-state index contributed by atoms with van der Waals surface area (Å²) in [6.45, 7) is 4.74. The maximum Gasteiger partial charge on any atom is 0.416 e. The van der Waals surface area contributed by atoms with Gasteiger partial charge in [0.15, 0.2) is 0 Å². The molecule has 3 aromatic rings. The van der Waals surface area contributed by atoms with E-state index in [0.29, 0.717) is 30.9 Å². The molecule has 204 valence electrons. The molecule has 0 aliphatic carbocycles. The van der Waals surface area contributed by atoms with Crippen molar-refractivity contribution in [3.63, 3.8) is 0 Å². The first-order valence-corrected chi connectivity index (χ1v) is 13.6. The van der Waals surface area contributed by atoms with Gasteiger partial charge in [0.2, 0.25) is 5.91 Å². The summed E-state index contributed by atoms with van der Waals surface area (Å²) >= 11 is 1.64. The molecule has 0 unspecified atom stereocenters. The minimum absolute atomic E-state index is 0.106. The maximum atomic E-state index is 12.9. The largest absolute Gasteiger partial charge is 0.491 e. The number of aliphatic hydroxyl groups is 1. The molecule has 2 atom stereocenters. The number of nitrogens with one attached hydrogen (secondary N) is 1. The van der Waals surface area contributed by atoms with E-state index >= 15 is 0 Å². The van der Waals surface area contributed by atoms with E-state index in [1.807, 2.05) is 25.1 Å². The predicted octanol–water partition coefficient (Wildman–Crippen LogP) is 4.22. The van der Waals surface area contributed by atoms with Crippen molar-refractivity contribution in [3.05, 3.63) is 53.0 Å². The van der Waals surface area contributed by atoms with Crippen LogP contribution in [-0.2, 0) is 11.0 Å². The van der Waals surface area contributed by atoms with Gasteiger partial charge in [0.1, 0.15) is 18.5 Å². The molecule has 11 heteroatoms. The number of carbonyl (C=O) groups excluding carboxylic acids is 1. The molecule has 2 aliphatic rings. The summed E-state index contributed by atoms with van der Waals surface area (Å²) in [4.78, 5) is 21.1. The van der Waals surface area contributed by atoms with E-state index < -0.39 is 17.8 Å². The number of nitrogens with zero attached hydrogens (tertiary/aromatic N) is 3. The number of fused-ring (bicyclic) bond motifs is 1. The van der Waals surface area contributed by atoms with Crippen LogP contribution in [0, 0.1) is 6.92 Å². The fraction of sp³-hybridized carbons (Fsp3) is 0.481. The third-order valence-corrected chi connectivity index (χ3v) is 8.07. The van der Waals surface area contributed by atoms with Crippen molar-refractivity contribution < 1.29 is 27.8 Å². The van der Waals surface area contributed by atoms with Gasteiger partial charge in [-0.25, -0.2) is 4.98 Å². The third-order valence-electron chi connectivity index (χ3n) is 7.11. The van der Waals surface area contributed by atoms with Crippen molar-refractivity contribution in [1.82, 2.24) is 15.2 Å². The number of rotatable bonds is 8. The van der Waals surface area contributed by atoms with Gasteiger partial charge in [0, 0.05) is 30.9 Å². The molecule has 1 aromatic heterocycles. The number of hydrogen-bond acceptors (Lipinski definition) is 7. The molecule has 0 radical (unpaired) electrons. The Morgan fingerprint density at radius 1 is 1.13 bits per heavy atom. The van der Waals surface area contributed by atoms with Crippen LogP contribution in [0.15, 0.2) is 42.5 Å². The van der Waals surface area contributed by atoms with Crippen LogP contribution in [0.5, 0.6) is 5.75 Å². The first-order valence-electron chi connectivity index (χ1n) is 12.8. The summed E-state index contributed by atoms with van der Waals surface area (Å²) in [5.74, 6) is 0.585. The molecule has 3 heterocycles. The average molecular weight is 549 g/mol.